The zero-order valence-electron chi connectivity index (χ0n) is 15.1. The minimum Gasteiger partial charge on any atom is -0.317 e. The van der Waals surface area contributed by atoms with E-state index in [1.165, 1.54) is 4.57 Å². The van der Waals surface area contributed by atoms with Crippen LogP contribution in [0.15, 0.2) is 65.5 Å². The largest absolute Gasteiger partial charge is 0.407 e. The Hall–Kier alpha value is -3.33. The van der Waals surface area contributed by atoms with Crippen LogP contribution in [0.4, 0.5) is 18.9 Å². The number of aryl methyl sites for hydroxylation is 2. The lowest BCUT2D eigenvalue weighted by atomic mass is 10.0. The Balaban J connectivity index is 2.20. The summed E-state index contributed by atoms with van der Waals surface area (Å²) in [5, 5.41) is 0. The molecule has 0 fully saturated rings. The van der Waals surface area contributed by atoms with E-state index >= 15 is 0 Å². The summed E-state index contributed by atoms with van der Waals surface area (Å²) >= 11 is 0. The van der Waals surface area contributed by atoms with Crippen LogP contribution >= 0.6 is 0 Å². The van der Waals surface area contributed by atoms with E-state index in [0.717, 1.165) is 17.2 Å². The van der Waals surface area contributed by atoms with Crippen molar-refractivity contribution in [1.29, 1.82) is 0 Å². The number of rotatable bonds is 4. The van der Waals surface area contributed by atoms with Gasteiger partial charge in [-0.05, 0) is 36.6 Å². The molecule has 0 amide bonds. The number of alkyl halides is 3. The van der Waals surface area contributed by atoms with E-state index in [4.69, 9.17) is 6.57 Å². The Morgan fingerprint density at radius 1 is 1.04 bits per heavy atom. The third kappa shape index (κ3) is 3.99. The molecule has 0 unspecified atom stereocenters. The Morgan fingerprint density at radius 3 is 2.36 bits per heavy atom. The van der Waals surface area contributed by atoms with Gasteiger partial charge in [-0.3, -0.25) is 4.79 Å². The topological polar surface area (TPSA) is 26.4 Å². The van der Waals surface area contributed by atoms with Crippen molar-refractivity contribution < 1.29 is 13.2 Å². The first-order valence-electron chi connectivity index (χ1n) is 8.64. The normalized spacial score (nSPS) is 11.2. The second-order valence-corrected chi connectivity index (χ2v) is 6.46. The van der Waals surface area contributed by atoms with Crippen LogP contribution in [0.5, 0.6) is 0 Å². The lowest BCUT2D eigenvalue weighted by Gasteiger charge is -2.18. The van der Waals surface area contributed by atoms with Crippen LogP contribution in [-0.4, -0.2) is 4.57 Å². The van der Waals surface area contributed by atoms with E-state index in [2.05, 4.69) is 4.85 Å². The smallest absolute Gasteiger partial charge is 0.317 e. The first-order valence-corrected chi connectivity index (χ1v) is 8.64. The van der Waals surface area contributed by atoms with Crippen LogP contribution in [0.1, 0.15) is 16.7 Å². The molecule has 0 N–H and O–H groups in total. The molecule has 3 aromatic rings. The Kier molecular flexibility index (Phi) is 5.36. The molecule has 3 rings (SSSR count). The molecule has 2 aromatic carbocycles. The van der Waals surface area contributed by atoms with Crippen LogP contribution in [0.2, 0.25) is 0 Å². The number of pyridine rings is 1. The molecule has 3 nitrogen and oxygen atoms in total. The average molecular weight is 382 g/mol. The third-order valence-electron chi connectivity index (χ3n) is 4.47. The fourth-order valence-corrected chi connectivity index (χ4v) is 3.11. The molecule has 0 spiro atoms. The first kappa shape index (κ1) is 19.4. The quantitative estimate of drug-likeness (QED) is 0.537. The standard InChI is InChI=1S/C22H17F3N2O/c1-15-7-6-10-17(13-15)19-14-18(22(23,24)25)20(26-2)21(28)27(19)12-11-16-8-4-3-5-9-16/h3-10,13-14H,11-12H2,1H3. The summed E-state index contributed by atoms with van der Waals surface area (Å²) in [5.41, 5.74) is -0.526. The fourth-order valence-electron chi connectivity index (χ4n) is 3.11. The lowest BCUT2D eigenvalue weighted by molar-refractivity contribution is -0.136. The first-order chi connectivity index (χ1) is 13.3. The molecule has 0 radical (unpaired) electrons. The van der Waals surface area contributed by atoms with Gasteiger partial charge in [0.15, 0.2) is 0 Å². The van der Waals surface area contributed by atoms with Crippen LogP contribution in [-0.2, 0) is 19.1 Å². The molecule has 0 atom stereocenters. The van der Waals surface area contributed by atoms with Crippen LogP contribution in [0.3, 0.4) is 0 Å². The summed E-state index contributed by atoms with van der Waals surface area (Å²) < 4.78 is 41.7. The van der Waals surface area contributed by atoms with Crippen molar-refractivity contribution in [3.05, 3.63) is 99.1 Å². The maximum atomic E-state index is 13.5. The maximum Gasteiger partial charge on any atom is 0.407 e. The monoisotopic (exact) mass is 382 g/mol. The number of halogens is 3. The van der Waals surface area contributed by atoms with Crippen molar-refractivity contribution in [1.82, 2.24) is 4.57 Å². The van der Waals surface area contributed by atoms with Crippen molar-refractivity contribution in [3.8, 4) is 11.3 Å². The molecule has 0 saturated heterocycles. The third-order valence-corrected chi connectivity index (χ3v) is 4.47. The van der Waals surface area contributed by atoms with Gasteiger partial charge < -0.3 is 4.57 Å². The maximum absolute atomic E-state index is 13.5. The highest BCUT2D eigenvalue weighted by Crippen LogP contribution is 2.37. The van der Waals surface area contributed by atoms with E-state index in [-0.39, 0.29) is 12.2 Å². The van der Waals surface area contributed by atoms with Gasteiger partial charge in [0.1, 0.15) is 0 Å². The van der Waals surface area contributed by atoms with E-state index < -0.39 is 23.0 Å². The summed E-state index contributed by atoms with van der Waals surface area (Å²) in [4.78, 5) is 15.7. The van der Waals surface area contributed by atoms with Gasteiger partial charge in [0, 0.05) is 12.2 Å². The minimum atomic E-state index is -4.78. The molecule has 28 heavy (non-hydrogen) atoms. The molecule has 142 valence electrons. The molecule has 0 bridgehead atoms. The summed E-state index contributed by atoms with van der Waals surface area (Å²) in [7, 11) is 0. The van der Waals surface area contributed by atoms with Crippen molar-refractivity contribution in [2.24, 2.45) is 0 Å². The van der Waals surface area contributed by atoms with Crippen molar-refractivity contribution in [2.45, 2.75) is 26.1 Å². The summed E-state index contributed by atoms with van der Waals surface area (Å²) in [6.07, 6.45) is -4.32. The van der Waals surface area contributed by atoms with Crippen LogP contribution < -0.4 is 5.56 Å². The summed E-state index contributed by atoms with van der Waals surface area (Å²) in [5.74, 6) is 0. The number of aromatic nitrogens is 1. The zero-order chi connectivity index (χ0) is 20.3. The number of hydrogen-bond donors (Lipinski definition) is 0. The predicted molar refractivity (Wildman–Crippen MR) is 102 cm³/mol. The molecular weight excluding hydrogens is 365 g/mol. The Bertz CT molecular complexity index is 1090. The van der Waals surface area contributed by atoms with E-state index in [0.29, 0.717) is 12.0 Å². The Morgan fingerprint density at radius 2 is 1.75 bits per heavy atom. The molecule has 1 heterocycles. The van der Waals surface area contributed by atoms with E-state index in [9.17, 15) is 18.0 Å². The highest BCUT2D eigenvalue weighted by Gasteiger charge is 2.36. The molecule has 1 aromatic heterocycles. The fraction of sp³-hybridized carbons (Fsp3) is 0.182. The number of nitrogens with zero attached hydrogens (tertiary/aromatic N) is 2. The number of hydrogen-bond acceptors (Lipinski definition) is 1. The molecule has 0 aliphatic heterocycles. The van der Waals surface area contributed by atoms with Crippen molar-refractivity contribution in [3.63, 3.8) is 0 Å². The van der Waals surface area contributed by atoms with E-state index in [1.807, 2.05) is 43.3 Å². The highest BCUT2D eigenvalue weighted by molar-refractivity contribution is 5.66. The Labute approximate surface area is 160 Å². The second kappa shape index (κ2) is 7.73. The van der Waals surface area contributed by atoms with Gasteiger partial charge in [0.05, 0.1) is 12.1 Å². The molecule has 0 saturated carbocycles. The van der Waals surface area contributed by atoms with Gasteiger partial charge in [-0.2, -0.15) is 13.2 Å². The van der Waals surface area contributed by atoms with Gasteiger partial charge in [0.25, 0.3) is 11.2 Å². The predicted octanol–water partition coefficient (Wildman–Crippen LogP) is 5.64. The van der Waals surface area contributed by atoms with Gasteiger partial charge >= 0.3 is 6.18 Å². The summed E-state index contributed by atoms with van der Waals surface area (Å²) in [6.45, 7) is 9.12. The highest BCUT2D eigenvalue weighted by atomic mass is 19.4. The van der Waals surface area contributed by atoms with Gasteiger partial charge in [-0.15, -0.1) is 0 Å². The zero-order valence-corrected chi connectivity index (χ0v) is 15.1. The van der Waals surface area contributed by atoms with Crippen LogP contribution in [0, 0.1) is 13.5 Å². The SMILES string of the molecule is [C-]#[N+]c1c(C(F)(F)F)cc(-c2cccc(C)c2)n(CCc2ccccc2)c1=O. The lowest BCUT2D eigenvalue weighted by Crippen LogP contribution is -2.25. The molecule has 6 heteroatoms. The second-order valence-electron chi connectivity index (χ2n) is 6.46. The van der Waals surface area contributed by atoms with Gasteiger partial charge in [-0.25, -0.2) is 4.85 Å². The summed E-state index contributed by atoms with van der Waals surface area (Å²) in [6, 6.07) is 17.2. The minimum absolute atomic E-state index is 0.157. The molecular formula is C22H17F3N2O. The van der Waals surface area contributed by atoms with Crippen molar-refractivity contribution >= 4 is 5.69 Å². The number of benzene rings is 2. The average Bonchev–Trinajstić information content (AvgIpc) is 2.66. The van der Waals surface area contributed by atoms with E-state index in [1.54, 1.807) is 18.2 Å². The molecule has 0 aliphatic carbocycles. The van der Waals surface area contributed by atoms with Crippen molar-refractivity contribution in [2.75, 3.05) is 0 Å². The van der Waals surface area contributed by atoms with Gasteiger partial charge in [0.2, 0.25) is 0 Å². The van der Waals surface area contributed by atoms with Crippen LogP contribution in [0.25, 0.3) is 16.1 Å². The molecule has 0 aliphatic rings. The van der Waals surface area contributed by atoms with Gasteiger partial charge in [-0.1, -0.05) is 54.1 Å².